The number of aliphatic hydroxyl groups is 1. The van der Waals surface area contributed by atoms with Crippen LogP contribution in [0.4, 0.5) is 0 Å². The van der Waals surface area contributed by atoms with Gasteiger partial charge in [-0.15, -0.1) is 0 Å². The first-order valence-corrected chi connectivity index (χ1v) is 3.53. The van der Waals surface area contributed by atoms with Gasteiger partial charge in [0.05, 0.1) is 12.3 Å². The van der Waals surface area contributed by atoms with E-state index in [1.807, 2.05) is 0 Å². The Bertz CT molecular complexity index is 175. The average Bonchev–Trinajstić information content (AvgIpc) is 2.36. The Morgan fingerprint density at radius 2 is 2.45 bits per heavy atom. The number of esters is 1. The molecule has 0 amide bonds. The van der Waals surface area contributed by atoms with Gasteiger partial charge in [0.1, 0.15) is 12.4 Å². The van der Waals surface area contributed by atoms with Crippen LogP contribution in [-0.2, 0) is 14.3 Å². The second kappa shape index (κ2) is 3.48. The largest absolute Gasteiger partial charge is 0.465 e. The second-order valence-corrected chi connectivity index (χ2v) is 2.52. The summed E-state index contributed by atoms with van der Waals surface area (Å²) < 4.78 is 4.59. The van der Waals surface area contributed by atoms with Gasteiger partial charge in [0.2, 0.25) is 0 Å². The van der Waals surface area contributed by atoms with Crippen LogP contribution in [-0.4, -0.2) is 30.1 Å². The first-order valence-electron chi connectivity index (χ1n) is 3.53. The molecule has 0 saturated carbocycles. The molecule has 0 radical (unpaired) electrons. The summed E-state index contributed by atoms with van der Waals surface area (Å²) in [6.45, 7) is 0.0428. The molecule has 4 nitrogen and oxygen atoms in total. The molecule has 0 aromatic heterocycles. The number of carbonyl (C=O) groups is 2. The van der Waals surface area contributed by atoms with E-state index in [2.05, 4.69) is 4.74 Å². The lowest BCUT2D eigenvalue weighted by Gasteiger charge is -2.01. The molecule has 62 valence electrons. The number of carbonyl (C=O) groups excluding carboxylic acids is 2. The van der Waals surface area contributed by atoms with E-state index in [1.54, 1.807) is 0 Å². The molecule has 0 unspecified atom stereocenters. The predicted molar refractivity (Wildman–Crippen MR) is 35.8 cm³/mol. The fourth-order valence-electron chi connectivity index (χ4n) is 1.03. The number of cyclic esters (lactones) is 1. The van der Waals surface area contributed by atoms with Crippen LogP contribution in [0.15, 0.2) is 0 Å². The summed E-state index contributed by atoms with van der Waals surface area (Å²) >= 11 is 0. The van der Waals surface area contributed by atoms with Crippen LogP contribution in [0.2, 0.25) is 0 Å². The molecular formula is C7H10O4. The topological polar surface area (TPSA) is 63.6 Å². The second-order valence-electron chi connectivity index (χ2n) is 2.52. The van der Waals surface area contributed by atoms with Gasteiger partial charge in [-0.25, -0.2) is 0 Å². The van der Waals surface area contributed by atoms with Gasteiger partial charge in [0, 0.05) is 13.0 Å². The van der Waals surface area contributed by atoms with Gasteiger partial charge >= 0.3 is 5.97 Å². The molecule has 1 aliphatic heterocycles. The van der Waals surface area contributed by atoms with Crippen LogP contribution in [0.3, 0.4) is 0 Å². The Labute approximate surface area is 64.2 Å². The monoisotopic (exact) mass is 158 g/mol. The standard InChI is InChI=1S/C7H10O4/c8-2-1-6(9)5-3-7(10)11-4-5/h5,8H,1-4H2/t5-/m1/s1. The van der Waals surface area contributed by atoms with Crippen molar-refractivity contribution >= 4 is 11.8 Å². The van der Waals surface area contributed by atoms with Gasteiger partial charge in [-0.1, -0.05) is 0 Å². The summed E-state index contributed by atoms with van der Waals surface area (Å²) in [6, 6.07) is 0. The van der Waals surface area contributed by atoms with Gasteiger partial charge < -0.3 is 9.84 Å². The third-order valence-corrected chi connectivity index (χ3v) is 1.67. The van der Waals surface area contributed by atoms with Crippen molar-refractivity contribution < 1.29 is 19.4 Å². The van der Waals surface area contributed by atoms with E-state index < -0.39 is 0 Å². The van der Waals surface area contributed by atoms with Crippen molar-refractivity contribution in [2.75, 3.05) is 13.2 Å². The maximum Gasteiger partial charge on any atom is 0.306 e. The van der Waals surface area contributed by atoms with Crippen molar-refractivity contribution in [3.63, 3.8) is 0 Å². The van der Waals surface area contributed by atoms with Crippen molar-refractivity contribution in [2.24, 2.45) is 5.92 Å². The Morgan fingerprint density at radius 3 is 2.91 bits per heavy atom. The van der Waals surface area contributed by atoms with Crippen LogP contribution in [0.25, 0.3) is 0 Å². The first kappa shape index (κ1) is 8.20. The van der Waals surface area contributed by atoms with Crippen LogP contribution >= 0.6 is 0 Å². The minimum atomic E-state index is -0.318. The molecule has 1 fully saturated rings. The van der Waals surface area contributed by atoms with Crippen molar-refractivity contribution in [1.29, 1.82) is 0 Å². The van der Waals surface area contributed by atoms with Crippen molar-refractivity contribution in [1.82, 2.24) is 0 Å². The Kier molecular flexibility index (Phi) is 2.59. The number of aliphatic hydroxyl groups excluding tert-OH is 1. The van der Waals surface area contributed by atoms with Crippen molar-refractivity contribution in [3.05, 3.63) is 0 Å². The van der Waals surface area contributed by atoms with E-state index in [1.165, 1.54) is 0 Å². The molecule has 0 spiro atoms. The lowest BCUT2D eigenvalue weighted by Crippen LogP contribution is -2.15. The highest BCUT2D eigenvalue weighted by Gasteiger charge is 2.28. The number of ketones is 1. The minimum Gasteiger partial charge on any atom is -0.465 e. The van der Waals surface area contributed by atoms with Gasteiger partial charge in [0.25, 0.3) is 0 Å². The van der Waals surface area contributed by atoms with E-state index >= 15 is 0 Å². The summed E-state index contributed by atoms with van der Waals surface area (Å²) in [6.07, 6.45) is 0.306. The van der Waals surface area contributed by atoms with Gasteiger partial charge in [-0.2, -0.15) is 0 Å². The average molecular weight is 158 g/mol. The molecule has 1 saturated heterocycles. The van der Waals surface area contributed by atoms with Crippen LogP contribution < -0.4 is 0 Å². The normalized spacial score (nSPS) is 23.4. The third-order valence-electron chi connectivity index (χ3n) is 1.67. The molecule has 1 aliphatic rings. The molecule has 0 bridgehead atoms. The summed E-state index contributed by atoms with van der Waals surface area (Å²) in [7, 11) is 0. The molecule has 1 N–H and O–H groups in total. The maximum absolute atomic E-state index is 11.0. The molecular weight excluding hydrogens is 148 g/mol. The number of Topliss-reactive ketones (excluding diaryl/α,β-unsaturated/α-hetero) is 1. The highest BCUT2D eigenvalue weighted by atomic mass is 16.5. The predicted octanol–water partition coefficient (Wildman–Crippen LogP) is -0.499. The lowest BCUT2D eigenvalue weighted by atomic mass is 10.0. The molecule has 0 aliphatic carbocycles. The maximum atomic E-state index is 11.0. The summed E-state index contributed by atoms with van der Waals surface area (Å²) in [5.74, 6) is -0.714. The quantitative estimate of drug-likeness (QED) is 0.562. The zero-order chi connectivity index (χ0) is 8.27. The van der Waals surface area contributed by atoms with Crippen LogP contribution in [0, 0.1) is 5.92 Å². The zero-order valence-corrected chi connectivity index (χ0v) is 6.08. The summed E-state index contributed by atoms with van der Waals surface area (Å²) in [4.78, 5) is 21.5. The number of hydrogen-bond donors (Lipinski definition) is 1. The van der Waals surface area contributed by atoms with Gasteiger partial charge in [-0.3, -0.25) is 9.59 Å². The van der Waals surface area contributed by atoms with E-state index in [0.29, 0.717) is 0 Å². The van der Waals surface area contributed by atoms with Gasteiger partial charge in [0.15, 0.2) is 0 Å². The van der Waals surface area contributed by atoms with Crippen LogP contribution in [0.5, 0.6) is 0 Å². The zero-order valence-electron chi connectivity index (χ0n) is 6.08. The molecule has 4 heteroatoms. The fraction of sp³-hybridized carbons (Fsp3) is 0.714. The number of hydrogen-bond acceptors (Lipinski definition) is 4. The summed E-state index contributed by atoms with van der Waals surface area (Å²) in [5.41, 5.74) is 0. The van der Waals surface area contributed by atoms with E-state index in [0.717, 1.165) is 0 Å². The Morgan fingerprint density at radius 1 is 1.73 bits per heavy atom. The lowest BCUT2D eigenvalue weighted by molar-refractivity contribution is -0.137. The molecule has 1 atom stereocenters. The molecule has 11 heavy (non-hydrogen) atoms. The Balaban J connectivity index is 2.37. The fourth-order valence-corrected chi connectivity index (χ4v) is 1.03. The van der Waals surface area contributed by atoms with E-state index in [-0.39, 0.29) is 43.7 Å². The molecule has 1 heterocycles. The summed E-state index contributed by atoms with van der Waals surface area (Å²) in [5, 5.41) is 8.42. The Hall–Kier alpha value is -0.900. The van der Waals surface area contributed by atoms with Crippen LogP contribution in [0.1, 0.15) is 12.8 Å². The molecule has 1 rings (SSSR count). The minimum absolute atomic E-state index is 0.0849. The van der Waals surface area contributed by atoms with Crippen molar-refractivity contribution in [2.45, 2.75) is 12.8 Å². The molecule has 0 aromatic carbocycles. The molecule has 0 aromatic rings. The highest BCUT2D eigenvalue weighted by molar-refractivity contribution is 5.87. The highest BCUT2D eigenvalue weighted by Crippen LogP contribution is 2.15. The smallest absolute Gasteiger partial charge is 0.306 e. The SMILES string of the molecule is O=C1C[C@@H](C(=O)CCO)CO1. The third kappa shape index (κ3) is 2.01. The first-order chi connectivity index (χ1) is 5.24. The van der Waals surface area contributed by atoms with Gasteiger partial charge in [-0.05, 0) is 0 Å². The van der Waals surface area contributed by atoms with E-state index in [9.17, 15) is 9.59 Å². The van der Waals surface area contributed by atoms with Crippen molar-refractivity contribution in [3.8, 4) is 0 Å². The van der Waals surface area contributed by atoms with E-state index in [4.69, 9.17) is 5.11 Å². The number of rotatable bonds is 3. The number of ether oxygens (including phenoxy) is 1.